The van der Waals surface area contributed by atoms with E-state index in [1.54, 1.807) is 54.7 Å². The summed E-state index contributed by atoms with van der Waals surface area (Å²) in [6.07, 6.45) is 13.7. The highest BCUT2D eigenvalue weighted by molar-refractivity contribution is 7.86. The zero-order valence-electron chi connectivity index (χ0n) is 14.7. The van der Waals surface area contributed by atoms with E-state index in [0.29, 0.717) is 11.1 Å². The third-order valence-electron chi connectivity index (χ3n) is 3.56. The largest absolute Gasteiger partial charge is 0.332 e. The Kier molecular flexibility index (Phi) is 7.90. The lowest BCUT2D eigenvalue weighted by molar-refractivity contribution is -0.384. The molecule has 0 aliphatic carbocycles. The molecule has 0 radical (unpaired) electrons. The van der Waals surface area contributed by atoms with Gasteiger partial charge in [-0.05, 0) is 29.3 Å². The SMILES string of the molecule is O=[N+]([O-])c1ccc(/C=C/C=C/C=C\C=C/c2ccc(S(=O)(=O)F)cc2Cl)c(Cl)c1. The lowest BCUT2D eigenvalue weighted by Crippen LogP contribution is -1.91. The van der Waals surface area contributed by atoms with E-state index in [1.165, 1.54) is 18.2 Å². The smallest absolute Gasteiger partial charge is 0.258 e. The zero-order chi connectivity index (χ0) is 21.4. The Bertz CT molecular complexity index is 1140. The molecule has 0 saturated carbocycles. The number of rotatable bonds is 7. The second-order valence-corrected chi connectivity index (χ2v) is 7.73. The van der Waals surface area contributed by atoms with Gasteiger partial charge in [-0.2, -0.15) is 8.42 Å². The minimum Gasteiger partial charge on any atom is -0.258 e. The average molecular weight is 454 g/mol. The fourth-order valence-electron chi connectivity index (χ4n) is 2.13. The van der Waals surface area contributed by atoms with Gasteiger partial charge in [0, 0.05) is 17.2 Å². The zero-order valence-corrected chi connectivity index (χ0v) is 17.0. The second kappa shape index (κ2) is 10.2. The van der Waals surface area contributed by atoms with Gasteiger partial charge in [-0.15, -0.1) is 3.89 Å². The van der Waals surface area contributed by atoms with Gasteiger partial charge < -0.3 is 0 Å². The van der Waals surface area contributed by atoms with Gasteiger partial charge >= 0.3 is 10.2 Å². The van der Waals surface area contributed by atoms with Crippen molar-refractivity contribution in [3.05, 3.63) is 104 Å². The Hall–Kier alpha value is -2.74. The molecule has 0 bridgehead atoms. The van der Waals surface area contributed by atoms with Gasteiger partial charge in [-0.1, -0.05) is 77.9 Å². The van der Waals surface area contributed by atoms with Crippen molar-refractivity contribution in [2.75, 3.05) is 0 Å². The fourth-order valence-corrected chi connectivity index (χ4v) is 3.17. The molecule has 0 heterocycles. The van der Waals surface area contributed by atoms with Crippen molar-refractivity contribution in [2.24, 2.45) is 0 Å². The van der Waals surface area contributed by atoms with Gasteiger partial charge in [0.1, 0.15) is 0 Å². The van der Waals surface area contributed by atoms with Crippen molar-refractivity contribution in [1.82, 2.24) is 0 Å². The quantitative estimate of drug-likeness (QED) is 0.210. The Morgan fingerprint density at radius 1 is 0.828 bits per heavy atom. The number of halogens is 3. The molecule has 150 valence electrons. The number of non-ortho nitro benzene ring substituents is 1. The van der Waals surface area contributed by atoms with Gasteiger partial charge in [0.25, 0.3) is 5.69 Å². The molecule has 5 nitrogen and oxygen atoms in total. The van der Waals surface area contributed by atoms with Crippen molar-refractivity contribution < 1.29 is 17.2 Å². The number of nitro benzene ring substituents is 1. The summed E-state index contributed by atoms with van der Waals surface area (Å²) in [5.74, 6) is 0. The van der Waals surface area contributed by atoms with Crippen LogP contribution in [0.3, 0.4) is 0 Å². The number of hydrogen-bond donors (Lipinski definition) is 0. The molecule has 0 spiro atoms. The van der Waals surface area contributed by atoms with Crippen LogP contribution < -0.4 is 0 Å². The molecule has 2 aromatic rings. The maximum absolute atomic E-state index is 12.9. The second-order valence-electron chi connectivity index (χ2n) is 5.57. The Morgan fingerprint density at radius 2 is 1.31 bits per heavy atom. The molecule has 29 heavy (non-hydrogen) atoms. The molecule has 2 rings (SSSR count). The summed E-state index contributed by atoms with van der Waals surface area (Å²) in [6.45, 7) is 0. The third-order valence-corrected chi connectivity index (χ3v) is 5.03. The average Bonchev–Trinajstić information content (AvgIpc) is 2.65. The molecule has 0 saturated heterocycles. The van der Waals surface area contributed by atoms with E-state index in [1.807, 2.05) is 0 Å². The molecule has 0 aliphatic heterocycles. The van der Waals surface area contributed by atoms with E-state index < -0.39 is 20.0 Å². The predicted molar refractivity (Wildman–Crippen MR) is 114 cm³/mol. The monoisotopic (exact) mass is 453 g/mol. The van der Waals surface area contributed by atoms with Crippen molar-refractivity contribution >= 4 is 51.3 Å². The van der Waals surface area contributed by atoms with Gasteiger partial charge in [0.05, 0.1) is 14.8 Å². The van der Waals surface area contributed by atoms with E-state index in [-0.39, 0.29) is 15.7 Å². The van der Waals surface area contributed by atoms with Crippen LogP contribution in [0.5, 0.6) is 0 Å². The molecule has 0 atom stereocenters. The van der Waals surface area contributed by atoms with E-state index in [2.05, 4.69) is 0 Å². The van der Waals surface area contributed by atoms with Gasteiger partial charge in [0.2, 0.25) is 0 Å². The maximum Gasteiger partial charge on any atom is 0.332 e. The van der Waals surface area contributed by atoms with Crippen molar-refractivity contribution in [3.63, 3.8) is 0 Å². The Labute approximate surface area is 177 Å². The summed E-state index contributed by atoms with van der Waals surface area (Å²) in [4.78, 5) is 9.67. The fraction of sp³-hybridized carbons (Fsp3) is 0. The van der Waals surface area contributed by atoms with Crippen LogP contribution in [0.25, 0.3) is 12.2 Å². The molecule has 2 aromatic carbocycles. The van der Waals surface area contributed by atoms with Gasteiger partial charge in [0.15, 0.2) is 0 Å². The lowest BCUT2D eigenvalue weighted by Gasteiger charge is -2.00. The highest BCUT2D eigenvalue weighted by atomic mass is 35.5. The first kappa shape index (κ1) is 22.5. The number of hydrogen-bond acceptors (Lipinski definition) is 4. The van der Waals surface area contributed by atoms with E-state index in [9.17, 15) is 22.4 Å². The summed E-state index contributed by atoms with van der Waals surface area (Å²) >= 11 is 11.9. The van der Waals surface area contributed by atoms with Crippen molar-refractivity contribution in [3.8, 4) is 0 Å². The van der Waals surface area contributed by atoms with Crippen LogP contribution in [0.2, 0.25) is 10.0 Å². The Balaban J connectivity index is 1.94. The van der Waals surface area contributed by atoms with E-state index >= 15 is 0 Å². The first-order valence-corrected chi connectivity index (χ1v) is 10.2. The van der Waals surface area contributed by atoms with Crippen LogP contribution >= 0.6 is 23.2 Å². The van der Waals surface area contributed by atoms with Gasteiger partial charge in [-0.3, -0.25) is 10.1 Å². The number of allylic oxidation sites excluding steroid dienone is 6. The van der Waals surface area contributed by atoms with Gasteiger partial charge in [-0.25, -0.2) is 0 Å². The number of nitro groups is 1. The van der Waals surface area contributed by atoms with Crippen LogP contribution in [0.4, 0.5) is 9.57 Å². The molecule has 0 N–H and O–H groups in total. The van der Waals surface area contributed by atoms with Crippen molar-refractivity contribution in [2.45, 2.75) is 4.90 Å². The molecule has 0 unspecified atom stereocenters. The molecule has 0 amide bonds. The molecule has 0 fully saturated rings. The minimum atomic E-state index is -4.79. The maximum atomic E-state index is 12.9. The third kappa shape index (κ3) is 6.98. The lowest BCUT2D eigenvalue weighted by atomic mass is 10.2. The van der Waals surface area contributed by atoms with Crippen LogP contribution in [0, 0.1) is 10.1 Å². The normalized spacial score (nSPS) is 12.7. The molecular weight excluding hydrogens is 440 g/mol. The summed E-state index contributed by atoms with van der Waals surface area (Å²) < 4.78 is 34.6. The van der Waals surface area contributed by atoms with Crippen LogP contribution in [-0.4, -0.2) is 13.3 Å². The highest BCUT2D eigenvalue weighted by Gasteiger charge is 2.12. The number of nitrogens with zero attached hydrogens (tertiary/aromatic N) is 1. The van der Waals surface area contributed by atoms with Crippen molar-refractivity contribution in [1.29, 1.82) is 0 Å². The molecule has 0 aliphatic rings. The topological polar surface area (TPSA) is 77.3 Å². The molecule has 9 heteroatoms. The highest BCUT2D eigenvalue weighted by Crippen LogP contribution is 2.24. The summed E-state index contributed by atoms with van der Waals surface area (Å²) in [7, 11) is -4.79. The number of benzene rings is 2. The van der Waals surface area contributed by atoms with Crippen LogP contribution in [-0.2, 0) is 10.2 Å². The summed E-state index contributed by atoms with van der Waals surface area (Å²) in [6, 6.07) is 7.82. The van der Waals surface area contributed by atoms with Crippen LogP contribution in [0.15, 0.2) is 77.7 Å². The van der Waals surface area contributed by atoms with Crippen LogP contribution in [0.1, 0.15) is 11.1 Å². The molecular formula is C20H14Cl2FNO4S. The van der Waals surface area contributed by atoms with E-state index in [4.69, 9.17) is 23.2 Å². The first-order valence-electron chi connectivity index (χ1n) is 8.05. The first-order chi connectivity index (χ1) is 13.7. The summed E-state index contributed by atoms with van der Waals surface area (Å²) in [5, 5.41) is 11.1. The minimum absolute atomic E-state index is 0.0709. The standard InChI is InChI=1S/C20H14Cl2FNO4S/c21-19-13-17(24(25)26)11-9-15(19)7-5-3-1-2-4-6-8-16-10-12-18(14-20(16)22)29(23,27)28/h1-14H/b3-1+,4-2-,7-5+,8-6-. The molecule has 0 aromatic heterocycles. The predicted octanol–water partition coefficient (Wildman–Crippen LogP) is 6.40. The Morgan fingerprint density at radius 3 is 1.76 bits per heavy atom. The summed E-state index contributed by atoms with van der Waals surface area (Å²) in [5.41, 5.74) is 1.12. The van der Waals surface area contributed by atoms with E-state index in [0.717, 1.165) is 12.1 Å².